The maximum absolute atomic E-state index is 11.8. The van der Waals surface area contributed by atoms with Gasteiger partial charge in [-0.1, -0.05) is 0 Å². The number of carbonyl (C=O) groups is 1. The van der Waals surface area contributed by atoms with Crippen molar-refractivity contribution in [2.45, 2.75) is 43.9 Å². The second-order valence-electron chi connectivity index (χ2n) is 7.02. The van der Waals surface area contributed by atoms with Crippen LogP contribution < -0.4 is 5.43 Å². The van der Waals surface area contributed by atoms with Crippen molar-refractivity contribution in [3.05, 3.63) is 33.9 Å². The van der Waals surface area contributed by atoms with Gasteiger partial charge in [0.05, 0.1) is 0 Å². The average molecular weight is 274 g/mol. The summed E-state index contributed by atoms with van der Waals surface area (Å²) in [4.78, 5) is 22.9. The number of hydrogen-bond acceptors (Lipinski definition) is 3. The van der Waals surface area contributed by atoms with Crippen LogP contribution >= 0.6 is 0 Å². The molecule has 4 aliphatic carbocycles. The van der Waals surface area contributed by atoms with Gasteiger partial charge in [0.2, 0.25) is 5.76 Å². The van der Waals surface area contributed by atoms with E-state index in [0.29, 0.717) is 5.76 Å². The zero-order valence-electron chi connectivity index (χ0n) is 11.3. The van der Waals surface area contributed by atoms with Crippen LogP contribution in [0, 0.1) is 17.8 Å². The van der Waals surface area contributed by atoms with Crippen molar-refractivity contribution in [1.82, 2.24) is 0 Å². The summed E-state index contributed by atoms with van der Waals surface area (Å²) in [5.74, 6) is 1.46. The Morgan fingerprint density at radius 3 is 2.15 bits per heavy atom. The molecule has 0 unspecified atom stereocenters. The van der Waals surface area contributed by atoms with Gasteiger partial charge in [-0.15, -0.1) is 0 Å². The Bertz CT molecular complexity index is 592. The summed E-state index contributed by atoms with van der Waals surface area (Å²) in [5.41, 5.74) is -0.321. The van der Waals surface area contributed by atoms with Crippen LogP contribution in [0.3, 0.4) is 0 Å². The molecule has 0 radical (unpaired) electrons. The number of rotatable bonds is 2. The molecule has 4 nitrogen and oxygen atoms in total. The Kier molecular flexibility index (Phi) is 2.41. The SMILES string of the molecule is O=C(O)c1cc(=O)cc(C23CC4CC(CC(C4)C2)C3)o1. The molecule has 106 valence electrons. The average Bonchev–Trinajstić information content (AvgIpc) is 2.36. The van der Waals surface area contributed by atoms with Crippen molar-refractivity contribution in [3.63, 3.8) is 0 Å². The minimum atomic E-state index is -1.16. The predicted octanol–water partition coefficient (Wildman–Crippen LogP) is 2.81. The van der Waals surface area contributed by atoms with Crippen molar-refractivity contribution < 1.29 is 14.3 Å². The first-order valence-electron chi connectivity index (χ1n) is 7.43. The van der Waals surface area contributed by atoms with Gasteiger partial charge in [0.15, 0.2) is 5.43 Å². The maximum atomic E-state index is 11.8. The lowest BCUT2D eigenvalue weighted by Gasteiger charge is -2.56. The highest BCUT2D eigenvalue weighted by molar-refractivity contribution is 5.84. The Labute approximate surface area is 116 Å². The van der Waals surface area contributed by atoms with E-state index in [0.717, 1.165) is 43.1 Å². The van der Waals surface area contributed by atoms with Gasteiger partial charge in [0.1, 0.15) is 5.76 Å². The lowest BCUT2D eigenvalue weighted by Crippen LogP contribution is -2.48. The molecule has 4 heteroatoms. The summed E-state index contributed by atoms with van der Waals surface area (Å²) >= 11 is 0. The molecule has 0 aromatic carbocycles. The fourth-order valence-electron chi connectivity index (χ4n) is 5.26. The predicted molar refractivity (Wildman–Crippen MR) is 71.8 cm³/mol. The van der Waals surface area contributed by atoms with E-state index in [4.69, 9.17) is 9.52 Å². The zero-order chi connectivity index (χ0) is 13.9. The van der Waals surface area contributed by atoms with E-state index >= 15 is 0 Å². The minimum absolute atomic E-state index is 0.0701. The van der Waals surface area contributed by atoms with Crippen molar-refractivity contribution in [3.8, 4) is 0 Å². The van der Waals surface area contributed by atoms with Gasteiger partial charge in [-0.3, -0.25) is 4.79 Å². The molecule has 4 fully saturated rings. The summed E-state index contributed by atoms with van der Waals surface area (Å²) < 4.78 is 5.60. The minimum Gasteiger partial charge on any atom is -0.475 e. The van der Waals surface area contributed by atoms with Gasteiger partial charge < -0.3 is 9.52 Å². The molecule has 4 saturated carbocycles. The highest BCUT2D eigenvalue weighted by Gasteiger charge is 2.53. The molecular weight excluding hydrogens is 256 g/mol. The van der Waals surface area contributed by atoms with E-state index in [9.17, 15) is 9.59 Å². The maximum Gasteiger partial charge on any atom is 0.371 e. The molecule has 4 aliphatic rings. The van der Waals surface area contributed by atoms with Gasteiger partial charge in [0, 0.05) is 17.5 Å². The van der Waals surface area contributed by atoms with Gasteiger partial charge in [0.25, 0.3) is 0 Å². The molecule has 4 bridgehead atoms. The van der Waals surface area contributed by atoms with Crippen LogP contribution in [-0.2, 0) is 5.41 Å². The van der Waals surface area contributed by atoms with Crippen LogP contribution in [0.2, 0.25) is 0 Å². The molecule has 1 aromatic rings. The van der Waals surface area contributed by atoms with E-state index in [-0.39, 0.29) is 16.6 Å². The Morgan fingerprint density at radius 2 is 1.65 bits per heavy atom. The molecule has 20 heavy (non-hydrogen) atoms. The number of carboxylic acids is 1. The largest absolute Gasteiger partial charge is 0.475 e. The van der Waals surface area contributed by atoms with Gasteiger partial charge in [-0.05, 0) is 56.3 Å². The second kappa shape index (κ2) is 3.96. The fourth-order valence-corrected chi connectivity index (χ4v) is 5.26. The lowest BCUT2D eigenvalue weighted by molar-refractivity contribution is -0.0166. The second-order valence-corrected chi connectivity index (χ2v) is 7.02. The van der Waals surface area contributed by atoms with Crippen molar-refractivity contribution in [2.75, 3.05) is 0 Å². The molecule has 0 spiro atoms. The van der Waals surface area contributed by atoms with Gasteiger partial charge in [-0.25, -0.2) is 4.79 Å². The third-order valence-electron chi connectivity index (χ3n) is 5.54. The summed E-state index contributed by atoms with van der Waals surface area (Å²) in [5, 5.41) is 9.08. The standard InChI is InChI=1S/C16H18O4/c17-12-4-13(15(18)19)20-14(5-12)16-6-9-1-10(7-16)3-11(2-9)8-16/h4-5,9-11H,1-3,6-8H2,(H,18,19). The van der Waals surface area contributed by atoms with Crippen LogP contribution in [0.4, 0.5) is 0 Å². The van der Waals surface area contributed by atoms with Gasteiger partial charge >= 0.3 is 5.97 Å². The molecule has 1 N–H and O–H groups in total. The topological polar surface area (TPSA) is 67.5 Å². The van der Waals surface area contributed by atoms with E-state index < -0.39 is 5.97 Å². The van der Waals surface area contributed by atoms with Gasteiger partial charge in [-0.2, -0.15) is 0 Å². The molecule has 0 atom stereocenters. The first kappa shape index (κ1) is 12.2. The fraction of sp³-hybridized carbons (Fsp3) is 0.625. The molecular formula is C16H18O4. The molecule has 0 amide bonds. The number of aromatic carboxylic acids is 1. The van der Waals surface area contributed by atoms with Crippen molar-refractivity contribution in [1.29, 1.82) is 0 Å². The summed E-state index contributed by atoms with van der Waals surface area (Å²) in [6.07, 6.45) is 7.10. The lowest BCUT2D eigenvalue weighted by atomic mass is 9.49. The number of carboxylic acid groups (broad SMARTS) is 1. The van der Waals surface area contributed by atoms with E-state index in [2.05, 4.69) is 0 Å². The quantitative estimate of drug-likeness (QED) is 0.900. The first-order valence-corrected chi connectivity index (χ1v) is 7.43. The monoisotopic (exact) mass is 274 g/mol. The molecule has 1 heterocycles. The highest BCUT2D eigenvalue weighted by atomic mass is 16.4. The number of hydrogen-bond donors (Lipinski definition) is 1. The third-order valence-corrected chi connectivity index (χ3v) is 5.54. The van der Waals surface area contributed by atoms with Crippen LogP contribution in [0.5, 0.6) is 0 Å². The first-order chi connectivity index (χ1) is 9.54. The van der Waals surface area contributed by atoms with Crippen molar-refractivity contribution >= 4 is 5.97 Å². The normalized spacial score (nSPS) is 38.1. The van der Waals surface area contributed by atoms with Crippen LogP contribution in [0.15, 0.2) is 21.3 Å². The molecule has 5 rings (SSSR count). The molecule has 0 aliphatic heterocycles. The summed E-state index contributed by atoms with van der Waals surface area (Å²) in [6, 6.07) is 2.60. The van der Waals surface area contributed by atoms with E-state index in [1.165, 1.54) is 25.3 Å². The van der Waals surface area contributed by atoms with Crippen LogP contribution in [0.25, 0.3) is 0 Å². The van der Waals surface area contributed by atoms with Crippen LogP contribution in [-0.4, -0.2) is 11.1 Å². The third kappa shape index (κ3) is 1.74. The Balaban J connectivity index is 1.80. The van der Waals surface area contributed by atoms with E-state index in [1.807, 2.05) is 0 Å². The zero-order valence-corrected chi connectivity index (χ0v) is 11.3. The Hall–Kier alpha value is -1.58. The molecule has 0 saturated heterocycles. The van der Waals surface area contributed by atoms with Crippen LogP contribution in [0.1, 0.15) is 54.8 Å². The highest BCUT2D eigenvalue weighted by Crippen LogP contribution is 2.60. The van der Waals surface area contributed by atoms with E-state index in [1.54, 1.807) is 0 Å². The summed E-state index contributed by atoms with van der Waals surface area (Å²) in [7, 11) is 0. The van der Waals surface area contributed by atoms with Crippen molar-refractivity contribution in [2.24, 2.45) is 17.8 Å². The Morgan fingerprint density at radius 1 is 1.10 bits per heavy atom. The smallest absolute Gasteiger partial charge is 0.371 e. The summed E-state index contributed by atoms with van der Waals surface area (Å²) in [6.45, 7) is 0. The molecule has 1 aromatic heterocycles.